The number of hydrogen-bond acceptors (Lipinski definition) is 2. The van der Waals surface area contributed by atoms with Crippen molar-refractivity contribution in [3.8, 4) is 0 Å². The number of nitrogens with two attached hydrogens (primary N) is 1. The second-order valence-electron chi connectivity index (χ2n) is 4.71. The van der Waals surface area contributed by atoms with E-state index in [0.717, 1.165) is 6.07 Å². The molecule has 2 nitrogen and oxygen atoms in total. The fourth-order valence-electron chi connectivity index (χ4n) is 2.20. The van der Waals surface area contributed by atoms with E-state index in [4.69, 9.17) is 5.73 Å². The van der Waals surface area contributed by atoms with Crippen molar-refractivity contribution in [3.63, 3.8) is 0 Å². The van der Waals surface area contributed by atoms with Gasteiger partial charge in [0, 0.05) is 29.3 Å². The van der Waals surface area contributed by atoms with Crippen LogP contribution in [0.4, 0.5) is 18.9 Å². The highest BCUT2D eigenvalue weighted by Gasteiger charge is 2.37. The third-order valence-electron chi connectivity index (χ3n) is 3.28. The zero-order valence-corrected chi connectivity index (χ0v) is 11.4. The highest BCUT2D eigenvalue weighted by atomic mass is 79.9. The zero-order valence-electron chi connectivity index (χ0n) is 9.84. The predicted octanol–water partition coefficient (Wildman–Crippen LogP) is 3.25. The molecule has 1 fully saturated rings. The number of rotatable bonds is 1. The van der Waals surface area contributed by atoms with Gasteiger partial charge in [-0.2, -0.15) is 13.2 Å². The van der Waals surface area contributed by atoms with Gasteiger partial charge in [-0.05, 0) is 24.1 Å². The molecule has 1 heterocycles. The average molecular weight is 323 g/mol. The molecule has 0 aliphatic carbocycles. The van der Waals surface area contributed by atoms with Crippen LogP contribution in [0.5, 0.6) is 0 Å². The Morgan fingerprint density at radius 1 is 1.33 bits per heavy atom. The molecule has 0 saturated carbocycles. The van der Waals surface area contributed by atoms with Crippen LogP contribution < -0.4 is 10.6 Å². The van der Waals surface area contributed by atoms with Crippen LogP contribution in [-0.4, -0.2) is 19.1 Å². The number of anilines is 1. The first kappa shape index (κ1) is 13.7. The molecule has 2 rings (SSSR count). The van der Waals surface area contributed by atoms with E-state index in [9.17, 15) is 13.2 Å². The Morgan fingerprint density at radius 3 is 2.50 bits per heavy atom. The molecule has 0 spiro atoms. The Labute approximate surface area is 112 Å². The molecule has 0 amide bonds. The Kier molecular flexibility index (Phi) is 3.60. The molecule has 18 heavy (non-hydrogen) atoms. The van der Waals surface area contributed by atoms with Crippen molar-refractivity contribution in [2.75, 3.05) is 18.0 Å². The summed E-state index contributed by atoms with van der Waals surface area (Å²) in [5, 5.41) is 0. The van der Waals surface area contributed by atoms with Crippen molar-refractivity contribution < 1.29 is 13.2 Å². The van der Waals surface area contributed by atoms with Gasteiger partial charge in [-0.25, -0.2) is 0 Å². The van der Waals surface area contributed by atoms with E-state index in [1.807, 2.05) is 6.92 Å². The molecule has 2 N–H and O–H groups in total. The first-order chi connectivity index (χ1) is 8.29. The summed E-state index contributed by atoms with van der Waals surface area (Å²) in [5.74, 6) is 0.203. The third kappa shape index (κ3) is 2.64. The molecule has 1 aromatic rings. The lowest BCUT2D eigenvalue weighted by Gasteiger charge is -2.23. The van der Waals surface area contributed by atoms with E-state index in [1.54, 1.807) is 11.0 Å². The van der Waals surface area contributed by atoms with Crippen LogP contribution in [-0.2, 0) is 6.18 Å². The molecule has 0 aromatic heterocycles. The summed E-state index contributed by atoms with van der Waals surface area (Å²) >= 11 is 3.08. The standard InChI is InChI=1S/C12H14BrF3N2/c1-7-5-18(6-10(7)17)11-3-2-8(13)4-9(11)12(14,15)16/h2-4,7,10H,5-6,17H2,1H3. The summed E-state index contributed by atoms with van der Waals surface area (Å²) < 4.78 is 39.4. The predicted molar refractivity (Wildman–Crippen MR) is 68.5 cm³/mol. The summed E-state index contributed by atoms with van der Waals surface area (Å²) in [6, 6.07) is 4.16. The van der Waals surface area contributed by atoms with E-state index in [-0.39, 0.29) is 17.6 Å². The van der Waals surface area contributed by atoms with Gasteiger partial charge in [0.2, 0.25) is 0 Å². The number of halogens is 4. The minimum Gasteiger partial charge on any atom is -0.369 e. The van der Waals surface area contributed by atoms with Crippen LogP contribution in [0.3, 0.4) is 0 Å². The van der Waals surface area contributed by atoms with Gasteiger partial charge in [0.25, 0.3) is 0 Å². The summed E-state index contributed by atoms with van der Waals surface area (Å²) in [4.78, 5) is 1.71. The van der Waals surface area contributed by atoms with Crippen LogP contribution in [0.1, 0.15) is 12.5 Å². The van der Waals surface area contributed by atoms with Crippen molar-refractivity contribution in [1.82, 2.24) is 0 Å². The van der Waals surface area contributed by atoms with Gasteiger partial charge in [-0.3, -0.25) is 0 Å². The first-order valence-corrected chi connectivity index (χ1v) is 6.45. The maximum absolute atomic E-state index is 13.0. The van der Waals surface area contributed by atoms with Crippen LogP contribution in [0.15, 0.2) is 22.7 Å². The number of alkyl halides is 3. The summed E-state index contributed by atoms with van der Waals surface area (Å²) in [7, 11) is 0. The van der Waals surface area contributed by atoms with Crippen molar-refractivity contribution >= 4 is 21.6 Å². The molecule has 2 atom stereocenters. The zero-order chi connectivity index (χ0) is 13.5. The molecule has 1 aromatic carbocycles. The Bertz CT molecular complexity index is 437. The normalized spacial score (nSPS) is 24.7. The fourth-order valence-corrected chi connectivity index (χ4v) is 2.56. The Hall–Kier alpha value is -0.750. The lowest BCUT2D eigenvalue weighted by molar-refractivity contribution is -0.137. The van der Waals surface area contributed by atoms with Crippen molar-refractivity contribution in [1.29, 1.82) is 0 Å². The van der Waals surface area contributed by atoms with Crippen molar-refractivity contribution in [2.24, 2.45) is 11.7 Å². The van der Waals surface area contributed by atoms with Gasteiger partial charge in [0.05, 0.1) is 5.56 Å². The van der Waals surface area contributed by atoms with Gasteiger partial charge in [0.1, 0.15) is 0 Å². The highest BCUT2D eigenvalue weighted by Crippen LogP contribution is 2.39. The average Bonchev–Trinajstić information content (AvgIpc) is 2.57. The van der Waals surface area contributed by atoms with E-state index < -0.39 is 11.7 Å². The van der Waals surface area contributed by atoms with Gasteiger partial charge in [-0.15, -0.1) is 0 Å². The highest BCUT2D eigenvalue weighted by molar-refractivity contribution is 9.10. The van der Waals surface area contributed by atoms with Crippen LogP contribution in [0.2, 0.25) is 0 Å². The van der Waals surface area contributed by atoms with Gasteiger partial charge in [-0.1, -0.05) is 22.9 Å². The van der Waals surface area contributed by atoms with Gasteiger partial charge >= 0.3 is 6.18 Å². The maximum atomic E-state index is 13.0. The molecule has 0 bridgehead atoms. The molecular weight excluding hydrogens is 309 g/mol. The van der Waals surface area contributed by atoms with Crippen molar-refractivity contribution in [2.45, 2.75) is 19.1 Å². The minimum absolute atomic E-state index is 0.0743. The molecule has 1 aliphatic heterocycles. The van der Waals surface area contributed by atoms with Gasteiger partial charge < -0.3 is 10.6 Å². The molecule has 0 radical (unpaired) electrons. The van der Waals surface area contributed by atoms with E-state index in [0.29, 0.717) is 17.6 Å². The summed E-state index contributed by atoms with van der Waals surface area (Å²) in [6.07, 6.45) is -4.35. The Morgan fingerprint density at radius 2 is 2.00 bits per heavy atom. The lowest BCUT2D eigenvalue weighted by Crippen LogP contribution is -2.29. The lowest BCUT2D eigenvalue weighted by atomic mass is 10.1. The second-order valence-corrected chi connectivity index (χ2v) is 5.62. The Balaban J connectivity index is 2.39. The number of benzene rings is 1. The first-order valence-electron chi connectivity index (χ1n) is 5.66. The minimum atomic E-state index is -4.35. The van der Waals surface area contributed by atoms with Crippen LogP contribution >= 0.6 is 15.9 Å². The quantitative estimate of drug-likeness (QED) is 0.860. The SMILES string of the molecule is CC1CN(c2ccc(Br)cc2C(F)(F)F)CC1N. The van der Waals surface area contributed by atoms with Gasteiger partial charge in [0.15, 0.2) is 0 Å². The third-order valence-corrected chi connectivity index (χ3v) is 3.77. The van der Waals surface area contributed by atoms with E-state index >= 15 is 0 Å². The van der Waals surface area contributed by atoms with Crippen LogP contribution in [0.25, 0.3) is 0 Å². The summed E-state index contributed by atoms with van der Waals surface area (Å²) in [6.45, 7) is 2.98. The van der Waals surface area contributed by atoms with Crippen molar-refractivity contribution in [3.05, 3.63) is 28.2 Å². The number of nitrogens with zero attached hydrogens (tertiary/aromatic N) is 1. The molecule has 1 aliphatic rings. The maximum Gasteiger partial charge on any atom is 0.418 e. The van der Waals surface area contributed by atoms with E-state index in [2.05, 4.69) is 15.9 Å². The number of hydrogen-bond donors (Lipinski definition) is 1. The van der Waals surface area contributed by atoms with E-state index in [1.165, 1.54) is 6.07 Å². The fraction of sp³-hybridized carbons (Fsp3) is 0.500. The smallest absolute Gasteiger partial charge is 0.369 e. The topological polar surface area (TPSA) is 29.3 Å². The molecule has 100 valence electrons. The summed E-state index contributed by atoms with van der Waals surface area (Å²) in [5.41, 5.74) is 5.46. The second kappa shape index (κ2) is 4.74. The molecular formula is C12H14BrF3N2. The molecule has 2 unspecified atom stereocenters. The molecule has 1 saturated heterocycles. The largest absolute Gasteiger partial charge is 0.418 e. The van der Waals surface area contributed by atoms with Crippen LogP contribution in [0, 0.1) is 5.92 Å². The molecule has 6 heteroatoms. The monoisotopic (exact) mass is 322 g/mol.